The van der Waals surface area contributed by atoms with E-state index in [9.17, 15) is 23.2 Å². The van der Waals surface area contributed by atoms with E-state index in [0.29, 0.717) is 30.0 Å². The highest BCUT2D eigenvalue weighted by molar-refractivity contribution is 6.02. The lowest BCUT2D eigenvalue weighted by atomic mass is 10.0. The molecule has 2 unspecified atom stereocenters. The van der Waals surface area contributed by atoms with E-state index in [-0.39, 0.29) is 48.6 Å². The van der Waals surface area contributed by atoms with Crippen LogP contribution in [-0.4, -0.2) is 97.8 Å². The Hall–Kier alpha value is -5.05. The molecular weight excluding hydrogens is 652 g/mol. The number of benzene rings is 2. The SMILES string of the molecule is COc1cc(C(=O)NC2CCN(C(=O)OCc3ccccc3)CC2OC)ccc1Nc1ncc2c(n1)N(C1CCCC1)CC(F)(F)C(=O)N2C. The fourth-order valence-electron chi connectivity index (χ4n) is 6.71. The van der Waals surface area contributed by atoms with Gasteiger partial charge < -0.3 is 39.5 Å². The number of nitrogens with zero attached hydrogens (tertiary/aromatic N) is 5. The van der Waals surface area contributed by atoms with Crippen molar-refractivity contribution in [2.24, 2.45) is 0 Å². The highest BCUT2D eigenvalue weighted by Gasteiger charge is 2.49. The Morgan fingerprint density at radius 2 is 1.82 bits per heavy atom. The molecule has 3 amide bonds. The van der Waals surface area contributed by atoms with Gasteiger partial charge in [-0.3, -0.25) is 9.59 Å². The first-order chi connectivity index (χ1) is 24.1. The number of likely N-dealkylation sites (tertiary alicyclic amines) is 1. The van der Waals surface area contributed by atoms with Gasteiger partial charge in [0.05, 0.1) is 44.2 Å². The van der Waals surface area contributed by atoms with Crippen LogP contribution in [0.1, 0.15) is 48.0 Å². The van der Waals surface area contributed by atoms with Crippen molar-refractivity contribution in [2.45, 2.75) is 62.8 Å². The van der Waals surface area contributed by atoms with Gasteiger partial charge in [0.2, 0.25) is 5.95 Å². The highest BCUT2D eigenvalue weighted by Crippen LogP contribution is 2.40. The van der Waals surface area contributed by atoms with Crippen molar-refractivity contribution in [3.8, 4) is 5.75 Å². The van der Waals surface area contributed by atoms with Gasteiger partial charge in [-0.2, -0.15) is 13.8 Å². The van der Waals surface area contributed by atoms with Crippen LogP contribution in [0.15, 0.2) is 54.7 Å². The van der Waals surface area contributed by atoms with E-state index in [0.717, 1.165) is 36.1 Å². The first-order valence-electron chi connectivity index (χ1n) is 16.6. The Balaban J connectivity index is 1.13. The minimum atomic E-state index is -3.58. The number of halogens is 2. The summed E-state index contributed by atoms with van der Waals surface area (Å²) in [5.74, 6) is -4.56. The van der Waals surface area contributed by atoms with E-state index in [2.05, 4.69) is 20.6 Å². The molecule has 3 aromatic rings. The number of nitrogens with one attached hydrogen (secondary N) is 2. The molecule has 1 saturated carbocycles. The van der Waals surface area contributed by atoms with Crippen molar-refractivity contribution >= 4 is 41.0 Å². The van der Waals surface area contributed by atoms with Gasteiger partial charge in [-0.05, 0) is 43.0 Å². The lowest BCUT2D eigenvalue weighted by Gasteiger charge is -2.37. The van der Waals surface area contributed by atoms with Crippen molar-refractivity contribution in [1.29, 1.82) is 0 Å². The average Bonchev–Trinajstić information content (AvgIpc) is 3.66. The summed E-state index contributed by atoms with van der Waals surface area (Å²) in [4.78, 5) is 51.7. The molecule has 2 N–H and O–H groups in total. The van der Waals surface area contributed by atoms with Crippen molar-refractivity contribution in [3.05, 3.63) is 65.9 Å². The topological polar surface area (TPSA) is 138 Å². The maximum absolute atomic E-state index is 15.0. The van der Waals surface area contributed by atoms with Crippen LogP contribution in [0, 0.1) is 0 Å². The minimum absolute atomic E-state index is 0.116. The third-order valence-electron chi connectivity index (χ3n) is 9.49. The molecule has 2 fully saturated rings. The molecular formula is C35H41F2N7O6. The average molecular weight is 694 g/mol. The zero-order chi connectivity index (χ0) is 35.4. The van der Waals surface area contributed by atoms with Gasteiger partial charge in [-0.25, -0.2) is 9.78 Å². The molecule has 1 saturated heterocycles. The van der Waals surface area contributed by atoms with Gasteiger partial charge >= 0.3 is 12.0 Å². The molecule has 1 aliphatic carbocycles. The van der Waals surface area contributed by atoms with Crippen LogP contribution in [0.5, 0.6) is 5.75 Å². The summed E-state index contributed by atoms with van der Waals surface area (Å²) in [5.41, 5.74) is 1.85. The zero-order valence-electron chi connectivity index (χ0n) is 28.2. The molecule has 1 aromatic heterocycles. The molecule has 2 aromatic carbocycles. The molecule has 0 bridgehead atoms. The van der Waals surface area contributed by atoms with Crippen molar-refractivity contribution in [3.63, 3.8) is 0 Å². The number of fused-ring (bicyclic) bond motifs is 1. The number of piperidine rings is 1. The van der Waals surface area contributed by atoms with E-state index >= 15 is 0 Å². The van der Waals surface area contributed by atoms with Crippen LogP contribution >= 0.6 is 0 Å². The van der Waals surface area contributed by atoms with E-state index in [1.54, 1.807) is 23.1 Å². The fourth-order valence-corrected chi connectivity index (χ4v) is 6.71. The van der Waals surface area contributed by atoms with Crippen LogP contribution in [0.25, 0.3) is 0 Å². The summed E-state index contributed by atoms with van der Waals surface area (Å²) in [5, 5.41) is 6.10. The van der Waals surface area contributed by atoms with E-state index in [4.69, 9.17) is 14.2 Å². The fraction of sp³-hybridized carbons (Fsp3) is 0.457. The lowest BCUT2D eigenvalue weighted by Crippen LogP contribution is -2.56. The lowest BCUT2D eigenvalue weighted by molar-refractivity contribution is -0.140. The summed E-state index contributed by atoms with van der Waals surface area (Å²) in [7, 11) is 4.29. The monoisotopic (exact) mass is 693 g/mol. The summed E-state index contributed by atoms with van der Waals surface area (Å²) >= 11 is 0. The second-order valence-corrected chi connectivity index (χ2v) is 12.7. The van der Waals surface area contributed by atoms with E-state index < -0.39 is 30.6 Å². The summed E-state index contributed by atoms with van der Waals surface area (Å²) in [6, 6.07) is 13.7. The molecule has 6 rings (SSSR count). The molecule has 2 aliphatic heterocycles. The van der Waals surface area contributed by atoms with Crippen molar-refractivity contribution in [1.82, 2.24) is 20.2 Å². The number of alkyl halides is 2. The number of methoxy groups -OCH3 is 2. The van der Waals surface area contributed by atoms with Crippen molar-refractivity contribution < 1.29 is 37.4 Å². The Kier molecular flexibility index (Phi) is 10.3. The van der Waals surface area contributed by atoms with E-state index in [1.165, 1.54) is 32.4 Å². The number of hydrogen-bond acceptors (Lipinski definition) is 10. The number of rotatable bonds is 9. The number of amides is 3. The molecule has 3 heterocycles. The molecule has 50 heavy (non-hydrogen) atoms. The molecule has 266 valence electrons. The van der Waals surface area contributed by atoms with E-state index in [1.807, 2.05) is 30.3 Å². The second-order valence-electron chi connectivity index (χ2n) is 12.7. The second kappa shape index (κ2) is 14.8. The van der Waals surface area contributed by atoms with Gasteiger partial charge in [0.15, 0.2) is 5.82 Å². The smallest absolute Gasteiger partial charge is 0.410 e. The zero-order valence-corrected chi connectivity index (χ0v) is 28.2. The van der Waals surface area contributed by atoms with Crippen LogP contribution < -0.4 is 25.2 Å². The van der Waals surface area contributed by atoms with Gasteiger partial charge in [-0.1, -0.05) is 43.2 Å². The number of ether oxygens (including phenoxy) is 3. The molecule has 0 radical (unpaired) electrons. The summed E-state index contributed by atoms with van der Waals surface area (Å²) in [6.45, 7) is 0.0289. The molecule has 15 heteroatoms. The number of hydrogen-bond donors (Lipinski definition) is 2. The van der Waals surface area contributed by atoms with Crippen LogP contribution in [0.2, 0.25) is 0 Å². The van der Waals surface area contributed by atoms with Gasteiger partial charge in [0.25, 0.3) is 11.8 Å². The van der Waals surface area contributed by atoms with Crippen LogP contribution in [-0.2, 0) is 20.9 Å². The quantitative estimate of drug-likeness (QED) is 0.323. The number of aromatic nitrogens is 2. The molecule has 0 spiro atoms. The largest absolute Gasteiger partial charge is 0.495 e. The third-order valence-corrected chi connectivity index (χ3v) is 9.49. The minimum Gasteiger partial charge on any atom is -0.495 e. The van der Waals surface area contributed by atoms with Gasteiger partial charge in [0.1, 0.15) is 18.0 Å². The molecule has 13 nitrogen and oxygen atoms in total. The normalized spacial score (nSPS) is 20.6. The number of anilines is 4. The van der Waals surface area contributed by atoms with Crippen LogP contribution in [0.4, 0.5) is 36.7 Å². The first-order valence-corrected chi connectivity index (χ1v) is 16.6. The highest BCUT2D eigenvalue weighted by atomic mass is 19.3. The predicted molar refractivity (Wildman–Crippen MR) is 181 cm³/mol. The maximum atomic E-state index is 15.0. The van der Waals surface area contributed by atoms with Gasteiger partial charge in [0, 0.05) is 32.3 Å². The number of carbonyl (C=O) groups excluding carboxylic acids is 3. The van der Waals surface area contributed by atoms with Crippen molar-refractivity contribution in [2.75, 3.05) is 56.0 Å². The molecule has 3 aliphatic rings. The maximum Gasteiger partial charge on any atom is 0.410 e. The van der Waals surface area contributed by atoms with Crippen LogP contribution in [0.3, 0.4) is 0 Å². The Morgan fingerprint density at radius 1 is 1.06 bits per heavy atom. The Morgan fingerprint density at radius 3 is 2.54 bits per heavy atom. The van der Waals surface area contributed by atoms with Gasteiger partial charge in [-0.15, -0.1) is 0 Å². The Labute approximate surface area is 288 Å². The third kappa shape index (κ3) is 7.42. The Bertz CT molecular complexity index is 1710. The number of carbonyl (C=O) groups is 3. The predicted octanol–water partition coefficient (Wildman–Crippen LogP) is 4.75. The summed E-state index contributed by atoms with van der Waals surface area (Å²) in [6.07, 6.45) is 4.19. The summed E-state index contributed by atoms with van der Waals surface area (Å²) < 4.78 is 46.7. The standard InChI is InChI=1S/C35H41F2N7O6/c1-42-27-18-38-33(41-30(27)44(24-11-7-8-12-24)21-35(36,37)32(42)46)40-25-14-13-23(17-28(25)48-2)31(45)39-26-15-16-43(19-29(26)49-3)34(47)50-20-22-9-5-4-6-10-22/h4-6,9-10,13-14,17-18,24,26,29H,7-8,11-12,15-16,19-21H2,1-3H3,(H,39,45)(H,38,40,41). The molecule has 2 atom stereocenters. The first kappa shape index (κ1) is 34.8.